The van der Waals surface area contributed by atoms with E-state index in [1.165, 1.54) is 6.42 Å². The summed E-state index contributed by atoms with van der Waals surface area (Å²) >= 11 is 0. The maximum atomic E-state index is 11.6. The predicted octanol–water partition coefficient (Wildman–Crippen LogP) is 3.54. The number of aromatic nitrogens is 1. The molecule has 0 atom stereocenters. The Kier molecular flexibility index (Phi) is 3.53. The van der Waals surface area contributed by atoms with Crippen LogP contribution >= 0.6 is 0 Å². The summed E-state index contributed by atoms with van der Waals surface area (Å²) in [5.74, 6) is -0.272. The largest absolute Gasteiger partial charge is 0.478 e. The molecule has 2 aromatic rings. The molecule has 1 saturated heterocycles. The fraction of sp³-hybridized carbons (Fsp3) is 0.412. The molecule has 2 heterocycles. The van der Waals surface area contributed by atoms with E-state index in [0.717, 1.165) is 48.0 Å². The first-order valence-electron chi connectivity index (χ1n) is 7.46. The van der Waals surface area contributed by atoms with Gasteiger partial charge in [0.05, 0.1) is 5.52 Å². The highest BCUT2D eigenvalue weighted by molar-refractivity contribution is 5.99. The molecule has 0 radical (unpaired) electrons. The first-order chi connectivity index (χ1) is 10.1. The number of carbonyl (C=O) groups is 1. The van der Waals surface area contributed by atoms with Crippen molar-refractivity contribution in [3.8, 4) is 0 Å². The third-order valence-corrected chi connectivity index (χ3v) is 4.12. The van der Waals surface area contributed by atoms with Crippen LogP contribution in [0, 0.1) is 13.8 Å². The number of carboxylic acid groups (broad SMARTS) is 1. The number of hydrogen-bond donors (Lipinski definition) is 1. The zero-order valence-electron chi connectivity index (χ0n) is 12.5. The number of aryl methyl sites for hydroxylation is 2. The molecule has 4 heteroatoms. The number of anilines is 1. The number of piperidine rings is 1. The molecule has 1 aliphatic rings. The zero-order chi connectivity index (χ0) is 15.0. The van der Waals surface area contributed by atoms with Crippen molar-refractivity contribution >= 4 is 22.7 Å². The quantitative estimate of drug-likeness (QED) is 0.916. The third kappa shape index (κ3) is 2.58. The molecule has 1 N–H and O–H groups in total. The predicted molar refractivity (Wildman–Crippen MR) is 84.2 cm³/mol. The Balaban J connectivity index is 2.21. The SMILES string of the molecule is Cc1cc(C)c2nc(N3CCCCC3)c(C(=O)O)cc2c1. The van der Waals surface area contributed by atoms with Gasteiger partial charge in [0.1, 0.15) is 11.4 Å². The molecule has 21 heavy (non-hydrogen) atoms. The highest BCUT2D eigenvalue weighted by Crippen LogP contribution is 2.28. The summed E-state index contributed by atoms with van der Waals surface area (Å²) < 4.78 is 0. The van der Waals surface area contributed by atoms with Gasteiger partial charge in [-0.05, 0) is 50.8 Å². The number of benzene rings is 1. The minimum absolute atomic E-state index is 0.314. The van der Waals surface area contributed by atoms with Gasteiger partial charge in [0.15, 0.2) is 0 Å². The van der Waals surface area contributed by atoms with Crippen molar-refractivity contribution in [2.24, 2.45) is 0 Å². The fourth-order valence-corrected chi connectivity index (χ4v) is 3.15. The van der Waals surface area contributed by atoms with Gasteiger partial charge in [-0.1, -0.05) is 11.6 Å². The van der Waals surface area contributed by atoms with Gasteiger partial charge in [-0.25, -0.2) is 9.78 Å². The molecule has 0 aliphatic carbocycles. The van der Waals surface area contributed by atoms with Crippen LogP contribution in [-0.2, 0) is 0 Å². The van der Waals surface area contributed by atoms with E-state index in [2.05, 4.69) is 11.0 Å². The van der Waals surface area contributed by atoms with E-state index in [0.29, 0.717) is 11.4 Å². The van der Waals surface area contributed by atoms with E-state index in [9.17, 15) is 9.90 Å². The van der Waals surface area contributed by atoms with Crippen LogP contribution in [0.3, 0.4) is 0 Å². The van der Waals surface area contributed by atoms with Crippen LogP contribution in [0.5, 0.6) is 0 Å². The minimum Gasteiger partial charge on any atom is -0.478 e. The van der Waals surface area contributed by atoms with Crippen molar-refractivity contribution in [2.45, 2.75) is 33.1 Å². The molecule has 0 unspecified atom stereocenters. The number of hydrogen-bond acceptors (Lipinski definition) is 3. The van der Waals surface area contributed by atoms with Crippen molar-refractivity contribution in [2.75, 3.05) is 18.0 Å². The van der Waals surface area contributed by atoms with Crippen molar-refractivity contribution in [1.82, 2.24) is 4.98 Å². The molecule has 0 saturated carbocycles. The van der Waals surface area contributed by atoms with E-state index >= 15 is 0 Å². The summed E-state index contributed by atoms with van der Waals surface area (Å²) in [5.41, 5.74) is 3.45. The van der Waals surface area contributed by atoms with Gasteiger partial charge < -0.3 is 10.0 Å². The molecular formula is C17H20N2O2. The molecular weight excluding hydrogens is 264 g/mol. The summed E-state index contributed by atoms with van der Waals surface area (Å²) in [7, 11) is 0. The van der Waals surface area contributed by atoms with Crippen LogP contribution in [0.15, 0.2) is 18.2 Å². The standard InChI is InChI=1S/C17H20N2O2/c1-11-8-12(2)15-13(9-11)10-14(17(20)21)16(18-15)19-6-4-3-5-7-19/h8-10H,3-7H2,1-2H3,(H,20,21). The lowest BCUT2D eigenvalue weighted by Crippen LogP contribution is -2.31. The Morgan fingerprint density at radius 1 is 1.14 bits per heavy atom. The van der Waals surface area contributed by atoms with Crippen molar-refractivity contribution in [3.05, 3.63) is 34.9 Å². The number of fused-ring (bicyclic) bond motifs is 1. The second-order valence-electron chi connectivity index (χ2n) is 5.87. The van der Waals surface area contributed by atoms with E-state index in [-0.39, 0.29) is 0 Å². The Morgan fingerprint density at radius 2 is 1.86 bits per heavy atom. The van der Waals surface area contributed by atoms with E-state index < -0.39 is 5.97 Å². The molecule has 0 spiro atoms. The Morgan fingerprint density at radius 3 is 2.52 bits per heavy atom. The normalized spacial score (nSPS) is 15.4. The number of rotatable bonds is 2. The summed E-state index contributed by atoms with van der Waals surface area (Å²) in [6, 6.07) is 5.87. The van der Waals surface area contributed by atoms with E-state index in [1.807, 2.05) is 19.9 Å². The van der Waals surface area contributed by atoms with Gasteiger partial charge in [0.25, 0.3) is 0 Å². The minimum atomic E-state index is -0.899. The monoisotopic (exact) mass is 284 g/mol. The van der Waals surface area contributed by atoms with Crippen LogP contribution in [-0.4, -0.2) is 29.1 Å². The second kappa shape index (κ2) is 5.35. The summed E-state index contributed by atoms with van der Waals surface area (Å²) in [5, 5.41) is 10.4. The molecule has 4 nitrogen and oxygen atoms in total. The van der Waals surface area contributed by atoms with Gasteiger partial charge >= 0.3 is 5.97 Å². The summed E-state index contributed by atoms with van der Waals surface area (Å²) in [6.07, 6.45) is 3.42. The van der Waals surface area contributed by atoms with Crippen molar-refractivity contribution in [3.63, 3.8) is 0 Å². The van der Waals surface area contributed by atoms with Gasteiger partial charge in [0, 0.05) is 18.5 Å². The fourth-order valence-electron chi connectivity index (χ4n) is 3.15. The average Bonchev–Trinajstić information content (AvgIpc) is 2.46. The molecule has 1 aliphatic heterocycles. The number of nitrogens with zero attached hydrogens (tertiary/aromatic N) is 2. The maximum Gasteiger partial charge on any atom is 0.339 e. The number of aromatic carboxylic acids is 1. The Labute approximate surface area is 124 Å². The lowest BCUT2D eigenvalue weighted by molar-refractivity contribution is 0.0697. The second-order valence-corrected chi connectivity index (χ2v) is 5.87. The lowest BCUT2D eigenvalue weighted by atomic mass is 10.0. The van der Waals surface area contributed by atoms with Gasteiger partial charge in [-0.2, -0.15) is 0 Å². The topological polar surface area (TPSA) is 53.4 Å². The molecule has 0 bridgehead atoms. The third-order valence-electron chi connectivity index (χ3n) is 4.12. The highest BCUT2D eigenvalue weighted by atomic mass is 16.4. The van der Waals surface area contributed by atoms with Crippen molar-refractivity contribution in [1.29, 1.82) is 0 Å². The first-order valence-corrected chi connectivity index (χ1v) is 7.46. The zero-order valence-corrected chi connectivity index (χ0v) is 12.5. The molecule has 1 aromatic carbocycles. The smallest absolute Gasteiger partial charge is 0.339 e. The van der Waals surface area contributed by atoms with Crippen LogP contribution in [0.2, 0.25) is 0 Å². The Hall–Kier alpha value is -2.10. The number of carboxylic acids is 1. The number of pyridine rings is 1. The molecule has 3 rings (SSSR count). The lowest BCUT2D eigenvalue weighted by Gasteiger charge is -2.29. The summed E-state index contributed by atoms with van der Waals surface area (Å²) in [4.78, 5) is 18.4. The van der Waals surface area contributed by atoms with Crippen LogP contribution in [0.4, 0.5) is 5.82 Å². The van der Waals surface area contributed by atoms with Gasteiger partial charge in [-0.15, -0.1) is 0 Å². The van der Waals surface area contributed by atoms with Crippen LogP contribution in [0.1, 0.15) is 40.7 Å². The van der Waals surface area contributed by atoms with E-state index in [4.69, 9.17) is 4.98 Å². The van der Waals surface area contributed by atoms with Crippen LogP contribution < -0.4 is 4.90 Å². The molecule has 1 fully saturated rings. The Bertz CT molecular complexity index is 703. The molecule has 0 amide bonds. The highest BCUT2D eigenvalue weighted by Gasteiger charge is 2.21. The first kappa shape index (κ1) is 13.9. The average molecular weight is 284 g/mol. The molecule has 110 valence electrons. The van der Waals surface area contributed by atoms with Gasteiger partial charge in [-0.3, -0.25) is 0 Å². The van der Waals surface area contributed by atoms with Crippen molar-refractivity contribution < 1.29 is 9.90 Å². The molecule has 1 aromatic heterocycles. The van der Waals surface area contributed by atoms with E-state index in [1.54, 1.807) is 6.07 Å². The van der Waals surface area contributed by atoms with Crippen LogP contribution in [0.25, 0.3) is 10.9 Å². The van der Waals surface area contributed by atoms with Gasteiger partial charge in [0.2, 0.25) is 0 Å². The maximum absolute atomic E-state index is 11.6. The summed E-state index contributed by atoms with van der Waals surface area (Å²) in [6.45, 7) is 5.83.